The van der Waals surface area contributed by atoms with Crippen molar-refractivity contribution in [1.29, 1.82) is 0 Å². The van der Waals surface area contributed by atoms with Crippen LogP contribution in [0.15, 0.2) is 58.3 Å². The summed E-state index contributed by atoms with van der Waals surface area (Å²) in [5.41, 5.74) is 3.64. The molecule has 4 aliphatic rings. The third kappa shape index (κ3) is 10.8. The number of hydrogen-bond acceptors (Lipinski definition) is 10. The second-order valence-corrected chi connectivity index (χ2v) is 23.5. The van der Waals surface area contributed by atoms with Crippen molar-refractivity contribution in [3.63, 3.8) is 0 Å². The van der Waals surface area contributed by atoms with E-state index < -0.39 is 55.4 Å². The molecule has 2 atom stereocenters. The van der Waals surface area contributed by atoms with Crippen LogP contribution in [-0.2, 0) is 60.1 Å². The van der Waals surface area contributed by atoms with Crippen molar-refractivity contribution in [1.82, 2.24) is 17.7 Å². The van der Waals surface area contributed by atoms with E-state index in [1.54, 1.807) is 62.4 Å². The number of carbonyl (C=O) groups is 4. The fourth-order valence-corrected chi connectivity index (χ4v) is 13.9. The van der Waals surface area contributed by atoms with Gasteiger partial charge in [0, 0.05) is 85.8 Å². The molecule has 2 saturated heterocycles. The average molecular weight is 991 g/mol. The van der Waals surface area contributed by atoms with Gasteiger partial charge >= 0.3 is 30.8 Å². The van der Waals surface area contributed by atoms with Crippen molar-refractivity contribution in [3.05, 3.63) is 105 Å². The fourth-order valence-electron chi connectivity index (χ4n) is 10.4. The van der Waals surface area contributed by atoms with E-state index in [0.29, 0.717) is 102 Å². The topological polar surface area (TPSA) is 212 Å². The number of Topliss-reactive ketones (excluding diaryl/α,β-unsaturated/α-hetero) is 2. The van der Waals surface area contributed by atoms with Crippen LogP contribution in [0.2, 0.25) is 0 Å². The first-order chi connectivity index (χ1) is 31.4. The SMILES string of the molecule is COC(=O)C(F)n1c(C)c(Cc2ccccc2S(=O)(=O)N2CCCC2)c2c1CC(C)(C)CC2=O.Cc1c(Cc2ccccc2S(=O)(=O)N2CCCC2)c2c(n1C(F)C(=O)O)CC(C)(C)CC2=O.[Li+].[OH-]. The van der Waals surface area contributed by atoms with Gasteiger partial charge in [-0.1, -0.05) is 64.1 Å². The number of alkyl halides is 2. The summed E-state index contributed by atoms with van der Waals surface area (Å²) in [6, 6.07) is 13.4. The van der Waals surface area contributed by atoms with Crippen molar-refractivity contribution in [3.8, 4) is 0 Å². The van der Waals surface area contributed by atoms with Crippen molar-refractivity contribution < 1.29 is 79.0 Å². The molecule has 4 heterocycles. The average Bonchev–Trinajstić information content (AvgIpc) is 4.08. The minimum Gasteiger partial charge on any atom is -0.870 e. The Kier molecular flexibility index (Phi) is 16.9. The largest absolute Gasteiger partial charge is 1.00 e. The molecule has 0 saturated carbocycles. The number of esters is 1. The molecule has 370 valence electrons. The van der Waals surface area contributed by atoms with Crippen LogP contribution >= 0.6 is 0 Å². The van der Waals surface area contributed by atoms with Gasteiger partial charge in [-0.05, 0) is 97.6 Å². The molecule has 4 aromatic rings. The monoisotopic (exact) mass is 990 g/mol. The number of carboxylic acids is 1. The summed E-state index contributed by atoms with van der Waals surface area (Å²) < 4.78 is 93.3. The first-order valence-corrected chi connectivity index (χ1v) is 25.6. The quantitative estimate of drug-likeness (QED) is 0.152. The Morgan fingerprint density at radius 3 is 1.35 bits per heavy atom. The number of aromatic nitrogens is 2. The zero-order valence-electron chi connectivity index (χ0n) is 40.6. The van der Waals surface area contributed by atoms with Gasteiger partial charge in [0.05, 0.1) is 16.9 Å². The smallest absolute Gasteiger partial charge is 0.870 e. The van der Waals surface area contributed by atoms with Crippen LogP contribution < -0.4 is 18.9 Å². The summed E-state index contributed by atoms with van der Waals surface area (Å²) >= 11 is 0. The van der Waals surface area contributed by atoms with E-state index in [4.69, 9.17) is 0 Å². The maximum Gasteiger partial charge on any atom is 1.00 e. The summed E-state index contributed by atoms with van der Waals surface area (Å²) in [6.45, 7) is 12.8. The number of sulfonamides is 2. The molecule has 2 aliphatic carbocycles. The molecule has 20 heteroatoms. The third-order valence-electron chi connectivity index (χ3n) is 13.6. The summed E-state index contributed by atoms with van der Waals surface area (Å²) in [5, 5.41) is 9.36. The van der Waals surface area contributed by atoms with Gasteiger partial charge < -0.3 is 24.5 Å². The number of aliphatic carboxylic acids is 1. The number of ketones is 2. The van der Waals surface area contributed by atoms with Crippen LogP contribution in [0.1, 0.15) is 145 Å². The van der Waals surface area contributed by atoms with Gasteiger partial charge in [0.15, 0.2) is 11.6 Å². The van der Waals surface area contributed by atoms with E-state index in [0.717, 1.165) is 37.4 Å². The zero-order valence-corrected chi connectivity index (χ0v) is 42.2. The van der Waals surface area contributed by atoms with E-state index in [1.165, 1.54) is 13.2 Å². The number of carboxylic acid groups (broad SMARTS) is 1. The predicted octanol–water partition coefficient (Wildman–Crippen LogP) is 4.67. The predicted molar refractivity (Wildman–Crippen MR) is 248 cm³/mol. The molecule has 0 bridgehead atoms. The Labute approximate surface area is 415 Å². The van der Waals surface area contributed by atoms with Gasteiger partial charge in [-0.15, -0.1) is 0 Å². The molecule has 69 heavy (non-hydrogen) atoms. The summed E-state index contributed by atoms with van der Waals surface area (Å²) in [5.74, 6) is -2.97. The molecule has 2 aromatic carbocycles. The normalized spacial score (nSPS) is 18.7. The van der Waals surface area contributed by atoms with E-state index in [9.17, 15) is 45.5 Å². The Bertz CT molecular complexity index is 2860. The minimum atomic E-state index is -3.71. The summed E-state index contributed by atoms with van der Waals surface area (Å²) in [7, 11) is -6.27. The maximum atomic E-state index is 15.3. The summed E-state index contributed by atoms with van der Waals surface area (Å²) in [6.07, 6.45) is 0.439. The van der Waals surface area contributed by atoms with E-state index >= 15 is 4.39 Å². The number of ether oxygens (including phenoxy) is 1. The minimum absolute atomic E-state index is 0. The molecule has 8 rings (SSSR count). The first-order valence-electron chi connectivity index (χ1n) is 22.7. The molecule has 2 fully saturated rings. The molecule has 2 aliphatic heterocycles. The number of fused-ring (bicyclic) bond motifs is 2. The van der Waals surface area contributed by atoms with Crippen LogP contribution in [0, 0.1) is 24.7 Å². The first kappa shape index (κ1) is 55.4. The third-order valence-corrected chi connectivity index (χ3v) is 17.6. The van der Waals surface area contributed by atoms with Crippen LogP contribution in [0.25, 0.3) is 0 Å². The Morgan fingerprint density at radius 1 is 0.652 bits per heavy atom. The van der Waals surface area contributed by atoms with Gasteiger partial charge in [-0.3, -0.25) is 9.59 Å². The Hall–Kier alpha value is -4.48. The van der Waals surface area contributed by atoms with Gasteiger partial charge in [0.2, 0.25) is 20.0 Å². The van der Waals surface area contributed by atoms with Gasteiger partial charge in [-0.2, -0.15) is 8.61 Å². The van der Waals surface area contributed by atoms with E-state index in [-0.39, 0.29) is 65.0 Å². The molecule has 2 aromatic heterocycles. The van der Waals surface area contributed by atoms with E-state index in [1.807, 2.05) is 27.7 Å². The molecule has 0 spiro atoms. The molecule has 2 N–H and O–H groups in total. The van der Waals surface area contributed by atoms with Crippen molar-refractivity contribution in [2.45, 2.75) is 128 Å². The number of hydrogen-bond donors (Lipinski definition) is 1. The number of rotatable bonds is 12. The van der Waals surface area contributed by atoms with Gasteiger partial charge in [-0.25, -0.2) is 35.2 Å². The Morgan fingerprint density at radius 2 is 1.00 bits per heavy atom. The van der Waals surface area contributed by atoms with Crippen LogP contribution in [0.3, 0.4) is 0 Å². The number of carbonyl (C=O) groups excluding carboxylic acids is 3. The van der Waals surface area contributed by atoms with E-state index in [2.05, 4.69) is 4.74 Å². The second kappa shape index (κ2) is 21.1. The van der Waals surface area contributed by atoms with Crippen LogP contribution in [0.4, 0.5) is 8.78 Å². The molecule has 15 nitrogen and oxygen atoms in total. The molecule has 0 amide bonds. The van der Waals surface area contributed by atoms with Crippen molar-refractivity contribution >= 4 is 43.6 Å². The van der Waals surface area contributed by atoms with Crippen LogP contribution in [0.5, 0.6) is 0 Å². The fraction of sp³-hybridized carbons (Fsp3) is 0.510. The Balaban J connectivity index is 0.000000250. The van der Waals surface area contributed by atoms with Gasteiger partial charge in [0.25, 0.3) is 12.6 Å². The van der Waals surface area contributed by atoms with Gasteiger partial charge in [0.1, 0.15) is 0 Å². The van der Waals surface area contributed by atoms with Crippen LogP contribution in [-0.4, -0.2) is 102 Å². The second-order valence-electron chi connectivity index (χ2n) is 19.7. The number of methoxy groups -OCH3 is 1. The number of nitrogens with zero attached hydrogens (tertiary/aromatic N) is 4. The maximum absolute atomic E-state index is 15.3. The van der Waals surface area contributed by atoms with Crippen molar-refractivity contribution in [2.24, 2.45) is 10.8 Å². The number of halogens is 2. The standard InChI is InChI=1S/C25H31FN2O5S.C24H29FN2O5S.Li.H2O/c1-16-18(13-17-9-5-6-10-21(17)34(31,32)27-11-7-8-12-27)22-19(14-25(2,3)15-20(22)29)28(16)23(26)24(30)33-4;1-15-17(12-16-8-4-5-9-20(16)33(31,32)26-10-6-7-11-26)21-18(27(15)22(25)23(29)30)13-24(2,3)14-19(21)28;;/h5-6,9-10,23H,7-8,11-15H2,1-4H3;4-5,8-9,22H,6-7,10-14H2,1-3H3,(H,29,30);;1H2/q;;+1;/p-1. The number of benzene rings is 2. The van der Waals surface area contributed by atoms with Crippen molar-refractivity contribution in [2.75, 3.05) is 33.3 Å². The zero-order chi connectivity index (χ0) is 49.0. The molecule has 2 unspecified atom stereocenters. The molecular formula is C49H61F2LiN4O11S2. The summed E-state index contributed by atoms with van der Waals surface area (Å²) in [4.78, 5) is 50.4. The molecule has 0 radical (unpaired) electrons. The molecular weight excluding hydrogens is 930 g/mol.